The van der Waals surface area contributed by atoms with E-state index >= 15 is 0 Å². The van der Waals surface area contributed by atoms with Gasteiger partial charge in [0.05, 0.1) is 34.1 Å². The van der Waals surface area contributed by atoms with Crippen molar-refractivity contribution in [3.63, 3.8) is 0 Å². The van der Waals surface area contributed by atoms with Crippen LogP contribution in [0.1, 0.15) is 11.3 Å². The van der Waals surface area contributed by atoms with Gasteiger partial charge in [0.25, 0.3) is 0 Å². The fourth-order valence-corrected chi connectivity index (χ4v) is 4.61. The first-order valence-electron chi connectivity index (χ1n) is 8.83. The van der Waals surface area contributed by atoms with Gasteiger partial charge in [-0.1, -0.05) is 0 Å². The molecule has 1 aromatic carbocycles. The molecular formula is C21H15F2N3OS. The Labute approximate surface area is 163 Å². The van der Waals surface area contributed by atoms with E-state index in [1.165, 1.54) is 18.5 Å². The van der Waals surface area contributed by atoms with Crippen LogP contribution >= 0.6 is 11.3 Å². The number of rotatable bonds is 2. The molecule has 0 radical (unpaired) electrons. The average molecular weight is 395 g/mol. The number of aryl methyl sites for hydroxylation is 1. The Morgan fingerprint density at radius 1 is 1.11 bits per heavy atom. The van der Waals surface area contributed by atoms with Crippen LogP contribution in [0.25, 0.3) is 32.4 Å². The molecule has 28 heavy (non-hydrogen) atoms. The first kappa shape index (κ1) is 17.1. The number of halogens is 2. The Hall–Kier alpha value is -3.06. The summed E-state index contributed by atoms with van der Waals surface area (Å²) in [5.74, 6) is -0.478. The number of ether oxygens (including phenoxy) is 1. The van der Waals surface area contributed by atoms with Crippen LogP contribution in [-0.2, 0) is 6.42 Å². The number of nitrogens with zero attached hydrogens (tertiary/aromatic N) is 2. The molecule has 0 aliphatic carbocycles. The molecule has 1 aliphatic heterocycles. The number of pyridine rings is 1. The van der Waals surface area contributed by atoms with Crippen molar-refractivity contribution in [2.45, 2.75) is 13.3 Å². The van der Waals surface area contributed by atoms with E-state index in [1.807, 2.05) is 19.1 Å². The van der Waals surface area contributed by atoms with Gasteiger partial charge in [-0.15, -0.1) is 11.3 Å². The topological polar surface area (TPSA) is 50.8 Å². The zero-order chi connectivity index (χ0) is 19.3. The van der Waals surface area contributed by atoms with Crippen molar-refractivity contribution >= 4 is 11.3 Å². The van der Waals surface area contributed by atoms with Crippen molar-refractivity contribution in [3.8, 4) is 38.1 Å². The number of aromatic amines is 1. The van der Waals surface area contributed by atoms with Gasteiger partial charge in [0.2, 0.25) is 0 Å². The lowest BCUT2D eigenvalue weighted by Crippen LogP contribution is -1.98. The number of imidazole rings is 1. The Morgan fingerprint density at radius 3 is 2.86 bits per heavy atom. The van der Waals surface area contributed by atoms with Gasteiger partial charge >= 0.3 is 0 Å². The fourth-order valence-electron chi connectivity index (χ4n) is 3.40. The van der Waals surface area contributed by atoms with Crippen LogP contribution in [0.4, 0.5) is 8.78 Å². The molecule has 3 aromatic heterocycles. The molecular weight excluding hydrogens is 380 g/mol. The standard InChI is InChI=1S/C21H15F2N3OS/c1-11-2-5-16-19(26-11)21-12(6-7-27-16)8-17(28-21)20-18(24-10-25-20)14-4-3-13(22)9-15(14)23/h2-5,8-10H,6-7H2,1H3,(H,24,25). The first-order chi connectivity index (χ1) is 13.6. The van der Waals surface area contributed by atoms with Crippen LogP contribution in [0.2, 0.25) is 0 Å². The third-order valence-corrected chi connectivity index (χ3v) is 5.92. The summed E-state index contributed by atoms with van der Waals surface area (Å²) in [5.41, 5.74) is 4.32. The lowest BCUT2D eigenvalue weighted by molar-refractivity contribution is 0.325. The number of aromatic nitrogens is 3. The number of hydrogen-bond donors (Lipinski definition) is 1. The molecule has 4 aromatic rings. The molecule has 0 atom stereocenters. The third-order valence-electron chi connectivity index (χ3n) is 4.72. The second-order valence-corrected chi connectivity index (χ2v) is 7.67. The Morgan fingerprint density at radius 2 is 2.00 bits per heavy atom. The van der Waals surface area contributed by atoms with Crippen LogP contribution in [0.15, 0.2) is 42.7 Å². The van der Waals surface area contributed by atoms with E-state index in [-0.39, 0.29) is 5.56 Å². The summed E-state index contributed by atoms with van der Waals surface area (Å²) < 4.78 is 33.4. The highest BCUT2D eigenvalue weighted by Gasteiger charge is 2.23. The maximum atomic E-state index is 14.3. The number of fused-ring (bicyclic) bond motifs is 3. The molecule has 0 unspecified atom stereocenters. The van der Waals surface area contributed by atoms with Crippen molar-refractivity contribution < 1.29 is 13.5 Å². The Bertz CT molecular complexity index is 1200. The van der Waals surface area contributed by atoms with Crippen molar-refractivity contribution in [2.24, 2.45) is 0 Å². The zero-order valence-corrected chi connectivity index (χ0v) is 15.7. The maximum absolute atomic E-state index is 14.3. The molecule has 5 rings (SSSR count). The number of H-pyrrole nitrogens is 1. The monoisotopic (exact) mass is 395 g/mol. The Kier molecular flexibility index (Phi) is 3.98. The molecule has 7 heteroatoms. The van der Waals surface area contributed by atoms with Gasteiger partial charge in [0.15, 0.2) is 0 Å². The van der Waals surface area contributed by atoms with Gasteiger partial charge in [-0.3, -0.25) is 0 Å². The van der Waals surface area contributed by atoms with E-state index in [4.69, 9.17) is 4.74 Å². The molecule has 4 nitrogen and oxygen atoms in total. The number of hydrogen-bond acceptors (Lipinski definition) is 4. The van der Waals surface area contributed by atoms with Crippen LogP contribution < -0.4 is 4.74 Å². The molecule has 0 amide bonds. The minimum atomic E-state index is -0.637. The van der Waals surface area contributed by atoms with E-state index < -0.39 is 11.6 Å². The van der Waals surface area contributed by atoms with Crippen LogP contribution in [0.3, 0.4) is 0 Å². The maximum Gasteiger partial charge on any atom is 0.146 e. The first-order valence-corrected chi connectivity index (χ1v) is 9.64. The van der Waals surface area contributed by atoms with Crippen molar-refractivity contribution in [3.05, 3.63) is 65.6 Å². The van der Waals surface area contributed by atoms with Gasteiger partial charge in [-0.2, -0.15) is 0 Å². The predicted molar refractivity (Wildman–Crippen MR) is 104 cm³/mol. The molecule has 0 saturated carbocycles. The van der Waals surface area contributed by atoms with Crippen molar-refractivity contribution in [1.82, 2.24) is 15.0 Å². The van der Waals surface area contributed by atoms with Crippen LogP contribution in [-0.4, -0.2) is 21.6 Å². The van der Waals surface area contributed by atoms with E-state index in [1.54, 1.807) is 11.3 Å². The minimum Gasteiger partial charge on any atom is -0.491 e. The molecule has 0 saturated heterocycles. The highest BCUT2D eigenvalue weighted by Crippen LogP contribution is 2.44. The van der Waals surface area contributed by atoms with E-state index in [9.17, 15) is 8.78 Å². The molecule has 1 aliphatic rings. The van der Waals surface area contributed by atoms with Gasteiger partial charge in [0.1, 0.15) is 23.1 Å². The summed E-state index contributed by atoms with van der Waals surface area (Å²) in [6.45, 7) is 2.52. The predicted octanol–water partition coefficient (Wildman–Crippen LogP) is 5.39. The molecule has 140 valence electrons. The Balaban J connectivity index is 1.65. The lowest BCUT2D eigenvalue weighted by atomic mass is 10.1. The summed E-state index contributed by atoms with van der Waals surface area (Å²) in [7, 11) is 0. The normalized spacial score (nSPS) is 12.8. The van der Waals surface area contributed by atoms with Gasteiger partial charge in [-0.25, -0.2) is 18.7 Å². The minimum absolute atomic E-state index is 0.263. The average Bonchev–Trinajstić information content (AvgIpc) is 3.27. The van der Waals surface area contributed by atoms with Crippen molar-refractivity contribution in [2.75, 3.05) is 6.61 Å². The van der Waals surface area contributed by atoms with E-state index in [0.717, 1.165) is 44.9 Å². The number of thiophene rings is 1. The molecule has 0 spiro atoms. The number of benzene rings is 1. The second kappa shape index (κ2) is 6.53. The van der Waals surface area contributed by atoms with Gasteiger partial charge < -0.3 is 9.72 Å². The molecule has 4 heterocycles. The summed E-state index contributed by atoms with van der Waals surface area (Å²) in [4.78, 5) is 14.0. The SMILES string of the molecule is Cc1ccc2c(n1)-c1sc(-c3[nH]cnc3-c3ccc(F)cc3F)cc1CCO2. The summed E-state index contributed by atoms with van der Waals surface area (Å²) in [6.07, 6.45) is 2.29. The lowest BCUT2D eigenvalue weighted by Gasteiger charge is -2.07. The third kappa shape index (κ3) is 2.79. The molecule has 0 fully saturated rings. The summed E-state index contributed by atoms with van der Waals surface area (Å²) >= 11 is 1.57. The zero-order valence-electron chi connectivity index (χ0n) is 14.9. The van der Waals surface area contributed by atoms with Crippen LogP contribution in [0.5, 0.6) is 5.75 Å². The second-order valence-electron chi connectivity index (χ2n) is 6.61. The van der Waals surface area contributed by atoms with Crippen molar-refractivity contribution in [1.29, 1.82) is 0 Å². The largest absolute Gasteiger partial charge is 0.491 e. The van der Waals surface area contributed by atoms with E-state index in [0.29, 0.717) is 18.0 Å². The fraction of sp³-hybridized carbons (Fsp3) is 0.143. The van der Waals surface area contributed by atoms with E-state index in [2.05, 4.69) is 21.0 Å². The summed E-state index contributed by atoms with van der Waals surface area (Å²) in [6, 6.07) is 9.47. The molecule has 1 N–H and O–H groups in total. The summed E-state index contributed by atoms with van der Waals surface area (Å²) in [5, 5.41) is 0. The molecule has 0 bridgehead atoms. The quantitative estimate of drug-likeness (QED) is 0.495. The highest BCUT2D eigenvalue weighted by atomic mass is 32.1. The van der Waals surface area contributed by atoms with Crippen LogP contribution in [0, 0.1) is 18.6 Å². The highest BCUT2D eigenvalue weighted by molar-refractivity contribution is 7.19. The van der Waals surface area contributed by atoms with Gasteiger partial charge in [-0.05, 0) is 42.8 Å². The number of nitrogens with one attached hydrogen (secondary N) is 1. The van der Waals surface area contributed by atoms with Gasteiger partial charge in [0, 0.05) is 23.7 Å². The smallest absolute Gasteiger partial charge is 0.146 e.